The normalized spacial score (nSPS) is 12.9. The van der Waals surface area contributed by atoms with E-state index in [1.54, 1.807) is 42.3 Å². The molecule has 1 heterocycles. The smallest absolute Gasteiger partial charge is 0.270 e. The fourth-order valence-corrected chi connectivity index (χ4v) is 3.44. The SMILES string of the molecule is CC(c1ccc(S(N)(=O)=O)cc1)N(C)C(=O)c1cc2cc(Cl)ccc2[nH]1. The zero-order chi connectivity index (χ0) is 19.1. The second-order valence-electron chi connectivity index (χ2n) is 6.12. The summed E-state index contributed by atoms with van der Waals surface area (Å²) in [4.78, 5) is 17.5. The zero-order valence-corrected chi connectivity index (χ0v) is 15.8. The summed E-state index contributed by atoms with van der Waals surface area (Å²) in [6.45, 7) is 1.86. The lowest BCUT2D eigenvalue weighted by Crippen LogP contribution is -2.29. The zero-order valence-electron chi connectivity index (χ0n) is 14.2. The van der Waals surface area contributed by atoms with Crippen molar-refractivity contribution < 1.29 is 13.2 Å². The van der Waals surface area contributed by atoms with Crippen molar-refractivity contribution in [1.82, 2.24) is 9.88 Å². The fourth-order valence-electron chi connectivity index (χ4n) is 2.74. The largest absolute Gasteiger partial charge is 0.351 e. The van der Waals surface area contributed by atoms with Crippen LogP contribution in [-0.2, 0) is 10.0 Å². The number of primary sulfonamides is 1. The number of aromatic nitrogens is 1. The van der Waals surface area contributed by atoms with Gasteiger partial charge in [-0.1, -0.05) is 23.7 Å². The Balaban J connectivity index is 1.84. The van der Waals surface area contributed by atoms with Crippen molar-refractivity contribution in [2.75, 3.05) is 7.05 Å². The fraction of sp³-hybridized carbons (Fsp3) is 0.167. The summed E-state index contributed by atoms with van der Waals surface area (Å²) in [7, 11) is -2.05. The van der Waals surface area contributed by atoms with Gasteiger partial charge in [0.15, 0.2) is 0 Å². The molecule has 0 aliphatic carbocycles. The first kappa shape index (κ1) is 18.4. The Morgan fingerprint density at radius 3 is 2.42 bits per heavy atom. The van der Waals surface area contributed by atoms with Crippen LogP contribution in [0.1, 0.15) is 29.0 Å². The van der Waals surface area contributed by atoms with E-state index in [0.29, 0.717) is 10.7 Å². The second kappa shape index (κ2) is 6.75. The predicted molar refractivity (Wildman–Crippen MR) is 102 cm³/mol. The summed E-state index contributed by atoms with van der Waals surface area (Å²) in [6.07, 6.45) is 0. The maximum Gasteiger partial charge on any atom is 0.270 e. The number of amides is 1. The standard InChI is InChI=1S/C18H18ClN3O3S/c1-11(12-3-6-15(7-4-12)26(20,24)25)22(2)18(23)17-10-13-9-14(19)5-8-16(13)21-17/h3-11,21H,1-2H3,(H2,20,24,25). The molecule has 0 saturated carbocycles. The van der Waals surface area contributed by atoms with E-state index in [1.807, 2.05) is 13.0 Å². The lowest BCUT2D eigenvalue weighted by molar-refractivity contribution is 0.0737. The third-order valence-corrected chi connectivity index (χ3v) is 5.57. The molecule has 0 radical (unpaired) electrons. The third-order valence-electron chi connectivity index (χ3n) is 4.41. The van der Waals surface area contributed by atoms with Gasteiger partial charge < -0.3 is 9.88 Å². The van der Waals surface area contributed by atoms with E-state index in [9.17, 15) is 13.2 Å². The number of halogens is 1. The van der Waals surface area contributed by atoms with Crippen molar-refractivity contribution in [2.24, 2.45) is 5.14 Å². The van der Waals surface area contributed by atoms with E-state index in [0.717, 1.165) is 16.5 Å². The molecule has 1 unspecified atom stereocenters. The Morgan fingerprint density at radius 1 is 1.15 bits per heavy atom. The summed E-state index contributed by atoms with van der Waals surface area (Å²) in [6, 6.07) is 13.0. The van der Waals surface area contributed by atoms with Crippen LogP contribution >= 0.6 is 11.6 Å². The summed E-state index contributed by atoms with van der Waals surface area (Å²) >= 11 is 5.98. The molecule has 3 aromatic rings. The van der Waals surface area contributed by atoms with Crippen molar-refractivity contribution >= 4 is 38.4 Å². The van der Waals surface area contributed by atoms with Crippen molar-refractivity contribution in [3.8, 4) is 0 Å². The Hall–Kier alpha value is -2.35. The van der Waals surface area contributed by atoms with Crippen LogP contribution in [0.25, 0.3) is 10.9 Å². The summed E-state index contributed by atoms with van der Waals surface area (Å²) < 4.78 is 22.7. The van der Waals surface area contributed by atoms with Gasteiger partial charge in [-0.05, 0) is 48.9 Å². The molecule has 1 aromatic heterocycles. The van der Waals surface area contributed by atoms with Gasteiger partial charge in [0.1, 0.15) is 5.69 Å². The molecule has 0 fully saturated rings. The summed E-state index contributed by atoms with van der Waals surface area (Å²) in [5, 5.41) is 6.57. The van der Waals surface area contributed by atoms with Gasteiger partial charge in [0.25, 0.3) is 5.91 Å². The van der Waals surface area contributed by atoms with Crippen LogP contribution in [0.15, 0.2) is 53.4 Å². The van der Waals surface area contributed by atoms with Crippen molar-refractivity contribution in [1.29, 1.82) is 0 Å². The number of fused-ring (bicyclic) bond motifs is 1. The minimum absolute atomic E-state index is 0.0370. The highest BCUT2D eigenvalue weighted by Gasteiger charge is 2.21. The Morgan fingerprint density at radius 2 is 1.81 bits per heavy atom. The number of carbonyl (C=O) groups excluding carboxylic acids is 1. The molecular formula is C18H18ClN3O3S. The molecule has 0 aliphatic heterocycles. The number of hydrogen-bond donors (Lipinski definition) is 2. The predicted octanol–water partition coefficient (Wildman–Crippen LogP) is 3.30. The van der Waals surface area contributed by atoms with Gasteiger partial charge in [0, 0.05) is 23.0 Å². The van der Waals surface area contributed by atoms with E-state index >= 15 is 0 Å². The van der Waals surface area contributed by atoms with Gasteiger partial charge in [0.05, 0.1) is 10.9 Å². The van der Waals surface area contributed by atoms with Gasteiger partial charge in [-0.2, -0.15) is 0 Å². The Kier molecular flexibility index (Phi) is 4.79. The lowest BCUT2D eigenvalue weighted by Gasteiger charge is -2.25. The number of nitrogens with two attached hydrogens (primary N) is 1. The first-order valence-corrected chi connectivity index (χ1v) is 9.77. The van der Waals surface area contributed by atoms with Crippen LogP contribution in [0.3, 0.4) is 0 Å². The van der Waals surface area contributed by atoms with Crippen LogP contribution in [0.5, 0.6) is 0 Å². The number of benzene rings is 2. The van der Waals surface area contributed by atoms with Gasteiger partial charge in [0.2, 0.25) is 10.0 Å². The molecule has 3 N–H and O–H groups in total. The minimum Gasteiger partial charge on any atom is -0.351 e. The number of nitrogens with one attached hydrogen (secondary N) is 1. The highest BCUT2D eigenvalue weighted by Crippen LogP contribution is 2.24. The molecule has 0 spiro atoms. The molecule has 0 aliphatic rings. The molecular weight excluding hydrogens is 374 g/mol. The maximum atomic E-state index is 12.8. The molecule has 136 valence electrons. The molecule has 0 bridgehead atoms. The Labute approximate surface area is 156 Å². The molecule has 26 heavy (non-hydrogen) atoms. The molecule has 1 atom stereocenters. The summed E-state index contributed by atoms with van der Waals surface area (Å²) in [5.41, 5.74) is 2.08. The minimum atomic E-state index is -3.74. The monoisotopic (exact) mass is 391 g/mol. The number of H-pyrrole nitrogens is 1. The first-order valence-electron chi connectivity index (χ1n) is 7.85. The topological polar surface area (TPSA) is 96.3 Å². The highest BCUT2D eigenvalue weighted by molar-refractivity contribution is 7.89. The number of aromatic amines is 1. The highest BCUT2D eigenvalue weighted by atomic mass is 35.5. The molecule has 1 amide bonds. The van der Waals surface area contributed by atoms with Crippen LogP contribution in [0, 0.1) is 0 Å². The number of rotatable bonds is 4. The average molecular weight is 392 g/mol. The van der Waals surface area contributed by atoms with Crippen LogP contribution < -0.4 is 5.14 Å². The molecule has 2 aromatic carbocycles. The van der Waals surface area contributed by atoms with Gasteiger partial charge in [-0.25, -0.2) is 13.6 Å². The van der Waals surface area contributed by atoms with Crippen LogP contribution in [0.2, 0.25) is 5.02 Å². The number of nitrogens with zero attached hydrogens (tertiary/aromatic N) is 1. The first-order chi connectivity index (χ1) is 12.2. The molecule has 8 heteroatoms. The quantitative estimate of drug-likeness (QED) is 0.714. The number of carbonyl (C=O) groups is 1. The molecule has 3 rings (SSSR count). The summed E-state index contributed by atoms with van der Waals surface area (Å²) in [5.74, 6) is -0.180. The van der Waals surface area contributed by atoms with Crippen LogP contribution in [-0.4, -0.2) is 31.3 Å². The van der Waals surface area contributed by atoms with Gasteiger partial charge >= 0.3 is 0 Å². The van der Waals surface area contributed by atoms with E-state index < -0.39 is 10.0 Å². The van der Waals surface area contributed by atoms with E-state index in [-0.39, 0.29) is 16.8 Å². The molecule has 6 nitrogen and oxygen atoms in total. The number of sulfonamides is 1. The maximum absolute atomic E-state index is 12.8. The van der Waals surface area contributed by atoms with Crippen LogP contribution in [0.4, 0.5) is 0 Å². The Bertz CT molecular complexity index is 1070. The van der Waals surface area contributed by atoms with Crippen molar-refractivity contribution in [3.63, 3.8) is 0 Å². The van der Waals surface area contributed by atoms with E-state index in [2.05, 4.69) is 4.98 Å². The number of hydrogen-bond acceptors (Lipinski definition) is 3. The average Bonchev–Trinajstić information content (AvgIpc) is 3.02. The lowest BCUT2D eigenvalue weighted by atomic mass is 10.1. The van der Waals surface area contributed by atoms with Gasteiger partial charge in [-0.15, -0.1) is 0 Å². The molecule has 0 saturated heterocycles. The van der Waals surface area contributed by atoms with E-state index in [4.69, 9.17) is 16.7 Å². The van der Waals surface area contributed by atoms with E-state index in [1.165, 1.54) is 12.1 Å². The third kappa shape index (κ3) is 3.60. The van der Waals surface area contributed by atoms with Gasteiger partial charge in [-0.3, -0.25) is 4.79 Å². The van der Waals surface area contributed by atoms with Crippen molar-refractivity contribution in [3.05, 3.63) is 64.8 Å². The second-order valence-corrected chi connectivity index (χ2v) is 8.12. The van der Waals surface area contributed by atoms with Crippen molar-refractivity contribution in [2.45, 2.75) is 17.9 Å².